The maximum atomic E-state index is 12.4. The van der Waals surface area contributed by atoms with E-state index in [1.54, 1.807) is 7.11 Å². The molecule has 0 atom stereocenters. The van der Waals surface area contributed by atoms with E-state index < -0.39 is 5.97 Å². The zero-order valence-electron chi connectivity index (χ0n) is 17.3. The monoisotopic (exact) mass is 425 g/mol. The Morgan fingerprint density at radius 2 is 1.63 bits per heavy atom. The van der Waals surface area contributed by atoms with E-state index in [1.807, 2.05) is 61.7 Å². The number of anilines is 1. The van der Waals surface area contributed by atoms with Crippen LogP contribution in [0.3, 0.4) is 0 Å². The highest BCUT2D eigenvalue weighted by atomic mass is 32.1. The largest absolute Gasteiger partial charge is 0.497 e. The summed E-state index contributed by atoms with van der Waals surface area (Å²) in [6.07, 6.45) is 0. The summed E-state index contributed by atoms with van der Waals surface area (Å²) in [5, 5.41) is 5.00. The van der Waals surface area contributed by atoms with Crippen LogP contribution in [0.2, 0.25) is 0 Å². The van der Waals surface area contributed by atoms with Crippen molar-refractivity contribution in [2.45, 2.75) is 13.8 Å². The van der Waals surface area contributed by atoms with E-state index in [-0.39, 0.29) is 12.5 Å². The maximum Gasteiger partial charge on any atom is 0.341 e. The van der Waals surface area contributed by atoms with Crippen molar-refractivity contribution in [3.8, 4) is 22.6 Å². The van der Waals surface area contributed by atoms with Gasteiger partial charge in [0.15, 0.2) is 6.61 Å². The van der Waals surface area contributed by atoms with Crippen LogP contribution in [0.15, 0.2) is 47.8 Å². The molecule has 156 valence electrons. The number of carbonyl (C=O) groups excluding carboxylic acids is 2. The van der Waals surface area contributed by atoms with E-state index >= 15 is 0 Å². The van der Waals surface area contributed by atoms with E-state index in [9.17, 15) is 9.59 Å². The Morgan fingerprint density at radius 1 is 0.967 bits per heavy atom. The lowest BCUT2D eigenvalue weighted by atomic mass is 10.0. The molecule has 0 saturated carbocycles. The molecular formula is C23H23NO5S. The summed E-state index contributed by atoms with van der Waals surface area (Å²) < 4.78 is 15.7. The number of thiophene rings is 1. The minimum absolute atomic E-state index is 0.167. The number of amides is 1. The number of hydrogen-bond acceptors (Lipinski definition) is 6. The zero-order valence-corrected chi connectivity index (χ0v) is 18.1. The summed E-state index contributed by atoms with van der Waals surface area (Å²) in [5.74, 6) is 0.460. The molecule has 0 saturated heterocycles. The number of hydrogen-bond donors (Lipinski definition) is 1. The molecule has 1 heterocycles. The molecule has 0 aliphatic carbocycles. The topological polar surface area (TPSA) is 73.9 Å². The first-order valence-corrected chi connectivity index (χ1v) is 10.1. The second-order valence-corrected chi connectivity index (χ2v) is 7.61. The Kier molecular flexibility index (Phi) is 6.74. The molecule has 6 nitrogen and oxygen atoms in total. The Hall–Kier alpha value is -3.32. The molecule has 1 aromatic heterocycles. The number of aryl methyl sites for hydroxylation is 2. The summed E-state index contributed by atoms with van der Waals surface area (Å²) in [7, 11) is 2.90. The summed E-state index contributed by atoms with van der Waals surface area (Å²) in [6.45, 7) is 3.77. The van der Waals surface area contributed by atoms with Gasteiger partial charge in [0.25, 0.3) is 5.91 Å². The molecule has 0 aliphatic rings. The molecule has 1 amide bonds. The fraction of sp³-hybridized carbons (Fsp3) is 0.217. The lowest BCUT2D eigenvalue weighted by Crippen LogP contribution is -2.21. The number of methoxy groups -OCH3 is 2. The van der Waals surface area contributed by atoms with E-state index in [2.05, 4.69) is 5.32 Å². The molecule has 1 N–H and O–H groups in total. The lowest BCUT2D eigenvalue weighted by Gasteiger charge is -2.10. The average molecular weight is 426 g/mol. The van der Waals surface area contributed by atoms with Crippen LogP contribution in [0.1, 0.15) is 21.5 Å². The fourth-order valence-electron chi connectivity index (χ4n) is 3.07. The summed E-state index contributed by atoms with van der Waals surface area (Å²) in [6, 6.07) is 13.1. The molecule has 3 rings (SSSR count). The van der Waals surface area contributed by atoms with Gasteiger partial charge in [-0.1, -0.05) is 18.2 Å². The Balaban J connectivity index is 1.78. The summed E-state index contributed by atoms with van der Waals surface area (Å²) >= 11 is 1.26. The lowest BCUT2D eigenvalue weighted by molar-refractivity contribution is -0.118. The van der Waals surface area contributed by atoms with E-state index in [0.717, 1.165) is 16.7 Å². The third kappa shape index (κ3) is 4.99. The maximum absolute atomic E-state index is 12.4. The van der Waals surface area contributed by atoms with Crippen molar-refractivity contribution < 1.29 is 23.8 Å². The van der Waals surface area contributed by atoms with Gasteiger partial charge < -0.3 is 19.5 Å². The first kappa shape index (κ1) is 21.4. The van der Waals surface area contributed by atoms with Crippen LogP contribution in [-0.4, -0.2) is 32.7 Å². The van der Waals surface area contributed by atoms with Gasteiger partial charge in [0.1, 0.15) is 22.1 Å². The number of carbonyl (C=O) groups is 2. The van der Waals surface area contributed by atoms with Crippen LogP contribution < -0.4 is 14.8 Å². The van der Waals surface area contributed by atoms with Gasteiger partial charge in [0.2, 0.25) is 0 Å². The van der Waals surface area contributed by atoms with Crippen molar-refractivity contribution >= 4 is 28.2 Å². The second-order valence-electron chi connectivity index (χ2n) is 6.73. The number of rotatable bonds is 7. The SMILES string of the molecule is COC(=O)c1c(-c2ccc(OC)cc2)csc1NC(=O)COc1cc(C)cc(C)c1. The highest BCUT2D eigenvalue weighted by Gasteiger charge is 2.22. The van der Waals surface area contributed by atoms with Crippen LogP contribution in [0.25, 0.3) is 11.1 Å². The van der Waals surface area contributed by atoms with Crippen molar-refractivity contribution in [1.82, 2.24) is 0 Å². The smallest absolute Gasteiger partial charge is 0.341 e. The van der Waals surface area contributed by atoms with Gasteiger partial charge in [-0.25, -0.2) is 4.79 Å². The molecule has 0 radical (unpaired) electrons. The van der Waals surface area contributed by atoms with Gasteiger partial charge in [0.05, 0.1) is 14.2 Å². The summed E-state index contributed by atoms with van der Waals surface area (Å²) in [4.78, 5) is 24.9. The standard InChI is InChI=1S/C23H23NO5S/c1-14-9-15(2)11-18(10-14)29-12-20(25)24-22-21(23(26)28-4)19(13-30-22)16-5-7-17(27-3)8-6-16/h5-11,13H,12H2,1-4H3,(H,24,25). The van der Waals surface area contributed by atoms with Crippen LogP contribution in [0.4, 0.5) is 5.00 Å². The van der Waals surface area contributed by atoms with E-state index in [1.165, 1.54) is 18.4 Å². The van der Waals surface area contributed by atoms with Gasteiger partial charge in [-0.2, -0.15) is 0 Å². The highest BCUT2D eigenvalue weighted by Crippen LogP contribution is 2.36. The number of ether oxygens (including phenoxy) is 3. The van der Waals surface area contributed by atoms with Crippen LogP contribution in [-0.2, 0) is 9.53 Å². The third-order valence-electron chi connectivity index (χ3n) is 4.40. The molecule has 0 aliphatic heterocycles. The van der Waals surface area contributed by atoms with Crippen LogP contribution in [0.5, 0.6) is 11.5 Å². The molecular weight excluding hydrogens is 402 g/mol. The first-order valence-electron chi connectivity index (χ1n) is 9.26. The van der Waals surface area contributed by atoms with Crippen molar-refractivity contribution in [3.05, 3.63) is 64.5 Å². The number of esters is 1. The predicted molar refractivity (Wildman–Crippen MR) is 118 cm³/mol. The molecule has 0 fully saturated rings. The second kappa shape index (κ2) is 9.45. The molecule has 3 aromatic rings. The molecule has 0 spiro atoms. The van der Waals surface area contributed by atoms with Crippen molar-refractivity contribution in [1.29, 1.82) is 0 Å². The Bertz CT molecular complexity index is 1040. The van der Waals surface area contributed by atoms with Crippen molar-refractivity contribution in [2.75, 3.05) is 26.1 Å². The van der Waals surface area contributed by atoms with E-state index in [4.69, 9.17) is 14.2 Å². The zero-order chi connectivity index (χ0) is 21.7. The normalized spacial score (nSPS) is 10.4. The third-order valence-corrected chi connectivity index (χ3v) is 5.30. The molecule has 0 bridgehead atoms. The number of nitrogens with one attached hydrogen (secondary N) is 1. The molecule has 2 aromatic carbocycles. The average Bonchev–Trinajstić information content (AvgIpc) is 3.14. The van der Waals surface area contributed by atoms with Gasteiger partial charge in [-0.15, -0.1) is 11.3 Å². The predicted octanol–water partition coefficient (Wildman–Crippen LogP) is 4.84. The van der Waals surface area contributed by atoms with Crippen molar-refractivity contribution in [2.24, 2.45) is 0 Å². The Morgan fingerprint density at radius 3 is 2.23 bits per heavy atom. The molecule has 7 heteroatoms. The minimum atomic E-state index is -0.521. The van der Waals surface area contributed by atoms with E-state index in [0.29, 0.717) is 27.6 Å². The number of benzene rings is 2. The van der Waals surface area contributed by atoms with Crippen molar-refractivity contribution in [3.63, 3.8) is 0 Å². The van der Waals surface area contributed by atoms with Gasteiger partial charge in [-0.3, -0.25) is 4.79 Å². The minimum Gasteiger partial charge on any atom is -0.497 e. The van der Waals surface area contributed by atoms with Crippen LogP contribution in [0, 0.1) is 13.8 Å². The fourth-order valence-corrected chi connectivity index (χ4v) is 4.04. The van der Waals surface area contributed by atoms with Gasteiger partial charge in [-0.05, 0) is 54.8 Å². The quantitative estimate of drug-likeness (QED) is 0.548. The molecule has 0 unspecified atom stereocenters. The Labute approximate surface area is 179 Å². The van der Waals surface area contributed by atoms with Crippen LogP contribution >= 0.6 is 11.3 Å². The van der Waals surface area contributed by atoms with Gasteiger partial charge in [0, 0.05) is 10.9 Å². The highest BCUT2D eigenvalue weighted by molar-refractivity contribution is 7.15. The first-order chi connectivity index (χ1) is 14.4. The molecule has 30 heavy (non-hydrogen) atoms. The summed E-state index contributed by atoms with van der Waals surface area (Å²) in [5.41, 5.74) is 3.92. The van der Waals surface area contributed by atoms with Gasteiger partial charge >= 0.3 is 5.97 Å².